The second-order valence-electron chi connectivity index (χ2n) is 7.24. The number of methoxy groups -OCH3 is 2. The number of aromatic amines is 1. The van der Waals surface area contributed by atoms with Gasteiger partial charge in [0.15, 0.2) is 11.5 Å². The Labute approximate surface area is 181 Å². The third kappa shape index (κ3) is 5.21. The number of hydrogen-bond donors (Lipinski definition) is 1. The first-order chi connectivity index (χ1) is 15.0. The van der Waals surface area contributed by atoms with E-state index in [1.54, 1.807) is 32.2 Å². The topological polar surface area (TPSA) is 87.8 Å². The Bertz CT molecular complexity index is 1110. The van der Waals surface area contributed by atoms with Gasteiger partial charge in [0, 0.05) is 19.2 Å². The van der Waals surface area contributed by atoms with E-state index in [2.05, 4.69) is 9.97 Å². The number of para-hydroxylation sites is 2. The van der Waals surface area contributed by atoms with Crippen molar-refractivity contribution < 1.29 is 14.3 Å². The summed E-state index contributed by atoms with van der Waals surface area (Å²) in [6.07, 6.45) is 0. The third-order valence-corrected chi connectivity index (χ3v) is 5.16. The maximum Gasteiger partial charge on any atom is 0.258 e. The van der Waals surface area contributed by atoms with Crippen molar-refractivity contribution in [3.63, 3.8) is 0 Å². The molecule has 8 heteroatoms. The number of carbonyl (C=O) groups excluding carboxylic acids is 1. The minimum absolute atomic E-state index is 0.0464. The molecule has 0 aliphatic carbocycles. The highest BCUT2D eigenvalue weighted by Crippen LogP contribution is 2.31. The van der Waals surface area contributed by atoms with Gasteiger partial charge in [0.25, 0.3) is 5.56 Å². The molecule has 0 aliphatic rings. The van der Waals surface area contributed by atoms with E-state index in [1.807, 2.05) is 48.2 Å². The molecular weight excluding hydrogens is 396 g/mol. The van der Waals surface area contributed by atoms with Crippen LogP contribution < -0.4 is 15.0 Å². The first kappa shape index (κ1) is 22.3. The molecule has 3 rings (SSSR count). The zero-order valence-electron chi connectivity index (χ0n) is 18.3. The van der Waals surface area contributed by atoms with Crippen LogP contribution in [0.25, 0.3) is 10.9 Å². The van der Waals surface area contributed by atoms with Gasteiger partial charge in [-0.15, -0.1) is 0 Å². The van der Waals surface area contributed by atoms with E-state index < -0.39 is 0 Å². The fourth-order valence-electron chi connectivity index (χ4n) is 3.43. The molecule has 164 valence electrons. The minimum Gasteiger partial charge on any atom is -0.493 e. The van der Waals surface area contributed by atoms with E-state index in [1.165, 1.54) is 0 Å². The highest BCUT2D eigenvalue weighted by molar-refractivity contribution is 5.78. The Balaban J connectivity index is 1.69. The van der Waals surface area contributed by atoms with Crippen LogP contribution in [0.15, 0.2) is 47.3 Å². The van der Waals surface area contributed by atoms with Crippen LogP contribution >= 0.6 is 0 Å². The number of H-pyrrole nitrogens is 1. The van der Waals surface area contributed by atoms with Gasteiger partial charge in [-0.1, -0.05) is 31.2 Å². The number of ether oxygens (including phenoxy) is 2. The molecule has 0 saturated heterocycles. The van der Waals surface area contributed by atoms with E-state index in [4.69, 9.17) is 9.47 Å². The Hall–Kier alpha value is -3.39. The Morgan fingerprint density at radius 3 is 2.55 bits per heavy atom. The van der Waals surface area contributed by atoms with E-state index in [-0.39, 0.29) is 18.0 Å². The zero-order valence-corrected chi connectivity index (χ0v) is 18.3. The average molecular weight is 425 g/mol. The molecule has 31 heavy (non-hydrogen) atoms. The van der Waals surface area contributed by atoms with Crippen molar-refractivity contribution in [1.82, 2.24) is 19.8 Å². The summed E-state index contributed by atoms with van der Waals surface area (Å²) < 4.78 is 10.8. The van der Waals surface area contributed by atoms with Crippen LogP contribution in [0.1, 0.15) is 18.3 Å². The second-order valence-corrected chi connectivity index (χ2v) is 7.24. The van der Waals surface area contributed by atoms with Gasteiger partial charge in [0.05, 0.1) is 38.2 Å². The largest absolute Gasteiger partial charge is 0.493 e. The van der Waals surface area contributed by atoms with E-state index in [0.29, 0.717) is 47.9 Å². The summed E-state index contributed by atoms with van der Waals surface area (Å²) in [5.74, 6) is 1.74. The van der Waals surface area contributed by atoms with Crippen LogP contribution in [-0.4, -0.2) is 60.0 Å². The quantitative estimate of drug-likeness (QED) is 0.568. The molecule has 1 N–H and O–H groups in total. The molecule has 1 amide bonds. The van der Waals surface area contributed by atoms with Crippen molar-refractivity contribution in [2.24, 2.45) is 0 Å². The molecule has 1 aromatic heterocycles. The first-order valence-corrected chi connectivity index (χ1v) is 10.1. The van der Waals surface area contributed by atoms with Gasteiger partial charge in [0.2, 0.25) is 5.91 Å². The van der Waals surface area contributed by atoms with Gasteiger partial charge in [-0.25, -0.2) is 4.98 Å². The van der Waals surface area contributed by atoms with Gasteiger partial charge in [-0.3, -0.25) is 14.5 Å². The van der Waals surface area contributed by atoms with E-state index in [9.17, 15) is 9.59 Å². The maximum absolute atomic E-state index is 12.9. The number of hydrogen-bond acceptors (Lipinski definition) is 6. The lowest BCUT2D eigenvalue weighted by Gasteiger charge is -2.24. The Morgan fingerprint density at radius 2 is 1.84 bits per heavy atom. The monoisotopic (exact) mass is 424 g/mol. The lowest BCUT2D eigenvalue weighted by molar-refractivity contribution is -0.131. The summed E-state index contributed by atoms with van der Waals surface area (Å²) in [6.45, 7) is 3.58. The summed E-state index contributed by atoms with van der Waals surface area (Å²) in [5.41, 5.74) is 1.33. The van der Waals surface area contributed by atoms with Crippen molar-refractivity contribution >= 4 is 16.8 Å². The van der Waals surface area contributed by atoms with Crippen molar-refractivity contribution in [2.45, 2.75) is 20.0 Å². The lowest BCUT2D eigenvalue weighted by Crippen LogP contribution is -2.38. The highest BCUT2D eigenvalue weighted by Gasteiger charge is 2.18. The van der Waals surface area contributed by atoms with Crippen LogP contribution in [0.4, 0.5) is 0 Å². The molecule has 3 aromatic rings. The van der Waals surface area contributed by atoms with E-state index >= 15 is 0 Å². The molecule has 0 saturated carbocycles. The van der Waals surface area contributed by atoms with Crippen LogP contribution in [-0.2, 0) is 17.9 Å². The van der Waals surface area contributed by atoms with Crippen LogP contribution in [0.5, 0.6) is 11.5 Å². The molecule has 1 heterocycles. The normalized spacial score (nSPS) is 11.0. The van der Waals surface area contributed by atoms with Crippen LogP contribution in [0, 0.1) is 0 Å². The summed E-state index contributed by atoms with van der Waals surface area (Å²) in [6, 6.07) is 12.8. The molecule has 0 aliphatic heterocycles. The van der Waals surface area contributed by atoms with Gasteiger partial charge in [0.1, 0.15) is 5.82 Å². The number of likely N-dealkylation sites (N-methyl/N-ethyl adjacent to an activating group) is 2. The molecule has 0 unspecified atom stereocenters. The molecule has 2 aromatic carbocycles. The van der Waals surface area contributed by atoms with Gasteiger partial charge in [-0.05, 0) is 24.7 Å². The molecular formula is C23H28N4O4. The summed E-state index contributed by atoms with van der Waals surface area (Å²) >= 11 is 0. The second kappa shape index (κ2) is 10.1. The lowest BCUT2D eigenvalue weighted by atomic mass is 10.1. The van der Waals surface area contributed by atoms with E-state index in [0.717, 1.165) is 5.56 Å². The minimum atomic E-state index is -0.176. The average Bonchev–Trinajstić information content (AvgIpc) is 2.78. The fraction of sp³-hybridized carbons (Fsp3) is 0.348. The predicted octanol–water partition coefficient (Wildman–Crippen LogP) is 2.42. The summed E-state index contributed by atoms with van der Waals surface area (Å²) in [7, 11) is 4.92. The SMILES string of the molecule is CCN(CC(=O)N(C)Cc1cccc(OC)c1OC)Cc1nc2ccccc2c(=O)[nH]1. The number of amides is 1. The number of carbonyl (C=O) groups is 1. The van der Waals surface area contributed by atoms with Crippen LogP contribution in [0.3, 0.4) is 0 Å². The molecule has 0 radical (unpaired) electrons. The van der Waals surface area contributed by atoms with Gasteiger partial charge < -0.3 is 19.4 Å². The van der Waals surface area contributed by atoms with Crippen molar-refractivity contribution in [3.05, 3.63) is 64.2 Å². The smallest absolute Gasteiger partial charge is 0.258 e. The summed E-state index contributed by atoms with van der Waals surface area (Å²) in [4.78, 5) is 36.1. The van der Waals surface area contributed by atoms with Crippen LogP contribution in [0.2, 0.25) is 0 Å². The van der Waals surface area contributed by atoms with Crippen molar-refractivity contribution in [2.75, 3.05) is 34.4 Å². The predicted molar refractivity (Wildman–Crippen MR) is 119 cm³/mol. The fourth-order valence-corrected chi connectivity index (χ4v) is 3.43. The zero-order chi connectivity index (χ0) is 22.4. The highest BCUT2D eigenvalue weighted by atomic mass is 16.5. The number of nitrogens with one attached hydrogen (secondary N) is 1. The van der Waals surface area contributed by atoms with Gasteiger partial charge >= 0.3 is 0 Å². The van der Waals surface area contributed by atoms with Crippen molar-refractivity contribution in [1.29, 1.82) is 0 Å². The summed E-state index contributed by atoms with van der Waals surface area (Å²) in [5, 5.41) is 0.553. The Morgan fingerprint density at radius 1 is 1.06 bits per heavy atom. The standard InChI is InChI=1S/C23H28N4O4/c1-5-27(14-20-24-18-11-7-6-10-17(18)23(29)25-20)15-21(28)26(2)13-16-9-8-12-19(30-3)22(16)31-4/h6-12H,5,13-15H2,1-4H3,(H,24,25,29). The van der Waals surface area contributed by atoms with Gasteiger partial charge in [-0.2, -0.15) is 0 Å². The third-order valence-electron chi connectivity index (χ3n) is 5.16. The van der Waals surface area contributed by atoms with Crippen molar-refractivity contribution in [3.8, 4) is 11.5 Å². The number of aromatic nitrogens is 2. The molecule has 8 nitrogen and oxygen atoms in total. The molecule has 0 spiro atoms. The molecule has 0 fully saturated rings. The molecule has 0 atom stereocenters. The maximum atomic E-state index is 12.9. The molecule has 0 bridgehead atoms. The Kier molecular flexibility index (Phi) is 7.25. The first-order valence-electron chi connectivity index (χ1n) is 10.1. The number of rotatable bonds is 9. The number of benzene rings is 2. The number of fused-ring (bicyclic) bond motifs is 1. The number of nitrogens with zero attached hydrogens (tertiary/aromatic N) is 3.